The lowest BCUT2D eigenvalue weighted by atomic mass is 9.84. The largest absolute Gasteiger partial charge is 0.357 e. The molecule has 0 aliphatic carbocycles. The van der Waals surface area contributed by atoms with E-state index in [0.717, 1.165) is 10.5 Å². The van der Waals surface area contributed by atoms with Gasteiger partial charge < -0.3 is 16.4 Å². The predicted octanol–water partition coefficient (Wildman–Crippen LogP) is 1.07. The van der Waals surface area contributed by atoms with E-state index in [1.54, 1.807) is 26.0 Å². The quantitative estimate of drug-likeness (QED) is 0.345. The SMILES string of the molecule is CNC(=O)[C@H](Cc1ccccc1)NC(=O)[C@@](N)(CC(C)C)C(=O)CN1C(=O)c2ccccc2C1=O. The molecule has 0 radical (unpaired) electrons. The van der Waals surface area contributed by atoms with Gasteiger partial charge in [-0.05, 0) is 30.0 Å². The highest BCUT2D eigenvalue weighted by Crippen LogP contribution is 2.24. The molecule has 9 nitrogen and oxygen atoms in total. The maximum Gasteiger partial charge on any atom is 0.261 e. The minimum atomic E-state index is -2.05. The van der Waals surface area contributed by atoms with E-state index < -0.39 is 47.5 Å². The number of imide groups is 1. The molecule has 1 aliphatic rings. The van der Waals surface area contributed by atoms with Gasteiger partial charge in [0.2, 0.25) is 11.8 Å². The summed E-state index contributed by atoms with van der Waals surface area (Å²) < 4.78 is 0. The van der Waals surface area contributed by atoms with Crippen molar-refractivity contribution in [2.24, 2.45) is 11.7 Å². The Morgan fingerprint density at radius 2 is 1.49 bits per heavy atom. The van der Waals surface area contributed by atoms with Crippen LogP contribution in [0.1, 0.15) is 46.5 Å². The molecule has 0 aromatic heterocycles. The Morgan fingerprint density at radius 1 is 0.943 bits per heavy atom. The molecule has 0 fully saturated rings. The topological polar surface area (TPSA) is 139 Å². The molecule has 4 amide bonds. The van der Waals surface area contributed by atoms with E-state index in [9.17, 15) is 24.0 Å². The van der Waals surface area contributed by atoms with Crippen LogP contribution in [0.5, 0.6) is 0 Å². The summed E-state index contributed by atoms with van der Waals surface area (Å²) in [6.45, 7) is 2.95. The zero-order chi connectivity index (χ0) is 25.8. The highest BCUT2D eigenvalue weighted by Gasteiger charge is 2.46. The molecule has 0 bridgehead atoms. The van der Waals surface area contributed by atoms with Gasteiger partial charge in [0.15, 0.2) is 11.3 Å². The molecule has 1 aliphatic heterocycles. The van der Waals surface area contributed by atoms with Crippen molar-refractivity contribution in [2.45, 2.75) is 38.3 Å². The van der Waals surface area contributed by atoms with Crippen LogP contribution < -0.4 is 16.4 Å². The standard InChI is InChI=1S/C26H30N4O5/c1-16(2)14-26(27,21(31)15-30-23(33)18-11-7-8-12-19(18)24(30)34)25(35)29-20(22(32)28-3)13-17-9-5-4-6-10-17/h4-12,16,20H,13-15,27H2,1-3H3,(H,28,32)(H,29,35)/t20-,26+/m0/s1. The minimum Gasteiger partial charge on any atom is -0.357 e. The van der Waals surface area contributed by atoms with E-state index in [1.807, 2.05) is 30.3 Å². The first-order valence-electron chi connectivity index (χ1n) is 11.4. The van der Waals surface area contributed by atoms with Gasteiger partial charge in [0.1, 0.15) is 6.04 Å². The van der Waals surface area contributed by atoms with Crippen LogP contribution in [0.3, 0.4) is 0 Å². The number of hydrogen-bond acceptors (Lipinski definition) is 6. The zero-order valence-electron chi connectivity index (χ0n) is 20.0. The van der Waals surface area contributed by atoms with Crippen molar-refractivity contribution in [3.05, 3.63) is 71.3 Å². The molecule has 0 saturated carbocycles. The Labute approximate surface area is 204 Å². The van der Waals surface area contributed by atoms with E-state index in [1.165, 1.54) is 19.2 Å². The number of Topliss-reactive ketones (excluding diaryl/α,β-unsaturated/α-hetero) is 1. The normalized spacial score (nSPS) is 15.4. The van der Waals surface area contributed by atoms with Crippen LogP contribution in [0, 0.1) is 5.92 Å². The van der Waals surface area contributed by atoms with Gasteiger partial charge in [-0.2, -0.15) is 0 Å². The Balaban J connectivity index is 1.83. The molecule has 35 heavy (non-hydrogen) atoms. The van der Waals surface area contributed by atoms with E-state index in [0.29, 0.717) is 0 Å². The Bertz CT molecular complexity index is 1110. The Kier molecular flexibility index (Phi) is 7.81. The molecule has 184 valence electrons. The Hall–Kier alpha value is -3.85. The molecule has 4 N–H and O–H groups in total. The smallest absolute Gasteiger partial charge is 0.261 e. The van der Waals surface area contributed by atoms with Crippen LogP contribution >= 0.6 is 0 Å². The van der Waals surface area contributed by atoms with Crippen LogP contribution in [-0.4, -0.2) is 59.5 Å². The number of hydrogen-bond donors (Lipinski definition) is 3. The molecule has 0 saturated heterocycles. The van der Waals surface area contributed by atoms with E-state index in [2.05, 4.69) is 10.6 Å². The number of nitrogens with zero attached hydrogens (tertiary/aromatic N) is 1. The predicted molar refractivity (Wildman–Crippen MR) is 129 cm³/mol. The maximum atomic E-state index is 13.4. The van der Waals surface area contributed by atoms with Gasteiger partial charge in [0, 0.05) is 13.5 Å². The van der Waals surface area contributed by atoms with Crippen molar-refractivity contribution >= 4 is 29.4 Å². The molecular weight excluding hydrogens is 448 g/mol. The number of nitrogens with one attached hydrogen (secondary N) is 2. The number of amides is 4. The zero-order valence-corrected chi connectivity index (χ0v) is 20.0. The van der Waals surface area contributed by atoms with Gasteiger partial charge in [0.05, 0.1) is 17.7 Å². The van der Waals surface area contributed by atoms with Crippen LogP contribution in [0.25, 0.3) is 0 Å². The molecule has 2 aromatic rings. The third kappa shape index (κ3) is 5.46. The van der Waals surface area contributed by atoms with E-state index in [-0.39, 0.29) is 29.9 Å². The van der Waals surface area contributed by atoms with Gasteiger partial charge >= 0.3 is 0 Å². The summed E-state index contributed by atoms with van der Waals surface area (Å²) in [6.07, 6.45) is 0.156. The summed E-state index contributed by atoms with van der Waals surface area (Å²) >= 11 is 0. The second-order valence-corrected chi connectivity index (χ2v) is 9.06. The number of nitrogens with two attached hydrogens (primary N) is 1. The third-order valence-corrected chi connectivity index (χ3v) is 5.96. The summed E-state index contributed by atoms with van der Waals surface area (Å²) in [7, 11) is 1.45. The molecule has 3 rings (SSSR count). The summed E-state index contributed by atoms with van der Waals surface area (Å²) in [5, 5.41) is 5.14. The molecule has 0 unspecified atom stereocenters. The lowest BCUT2D eigenvalue weighted by Crippen LogP contribution is -2.65. The van der Waals surface area contributed by atoms with Crippen molar-refractivity contribution in [3.63, 3.8) is 0 Å². The van der Waals surface area contributed by atoms with Crippen molar-refractivity contribution < 1.29 is 24.0 Å². The van der Waals surface area contributed by atoms with Gasteiger partial charge in [-0.1, -0.05) is 56.3 Å². The fourth-order valence-electron chi connectivity index (χ4n) is 4.16. The van der Waals surface area contributed by atoms with E-state index in [4.69, 9.17) is 5.73 Å². The van der Waals surface area contributed by atoms with Gasteiger partial charge in [0.25, 0.3) is 11.8 Å². The fourth-order valence-corrected chi connectivity index (χ4v) is 4.16. The number of likely N-dealkylation sites (N-methyl/N-ethyl adjacent to an activating group) is 1. The summed E-state index contributed by atoms with van der Waals surface area (Å²) in [5.41, 5.74) is 5.56. The van der Waals surface area contributed by atoms with Crippen molar-refractivity contribution in [1.29, 1.82) is 0 Å². The number of carbonyl (C=O) groups excluding carboxylic acids is 5. The number of ketones is 1. The highest BCUT2D eigenvalue weighted by atomic mass is 16.2. The van der Waals surface area contributed by atoms with Crippen molar-refractivity contribution in [1.82, 2.24) is 15.5 Å². The molecule has 2 aromatic carbocycles. The van der Waals surface area contributed by atoms with Gasteiger partial charge in [-0.15, -0.1) is 0 Å². The van der Waals surface area contributed by atoms with Crippen molar-refractivity contribution in [3.8, 4) is 0 Å². The van der Waals surface area contributed by atoms with E-state index >= 15 is 0 Å². The van der Waals surface area contributed by atoms with Crippen LogP contribution in [-0.2, 0) is 20.8 Å². The summed E-state index contributed by atoms with van der Waals surface area (Å²) in [5.74, 6) is -3.45. The molecule has 0 spiro atoms. The minimum absolute atomic E-state index is 0.0351. The lowest BCUT2D eigenvalue weighted by molar-refractivity contribution is -0.139. The second kappa shape index (κ2) is 10.6. The highest BCUT2D eigenvalue weighted by molar-refractivity contribution is 6.23. The first kappa shape index (κ1) is 25.8. The molecule has 9 heteroatoms. The van der Waals surface area contributed by atoms with Crippen LogP contribution in [0.15, 0.2) is 54.6 Å². The van der Waals surface area contributed by atoms with Gasteiger partial charge in [-0.25, -0.2) is 0 Å². The maximum absolute atomic E-state index is 13.4. The first-order valence-corrected chi connectivity index (χ1v) is 11.4. The molecular formula is C26H30N4O5. The number of fused-ring (bicyclic) bond motifs is 1. The molecule has 2 atom stereocenters. The van der Waals surface area contributed by atoms with Crippen molar-refractivity contribution in [2.75, 3.05) is 13.6 Å². The number of carbonyl (C=O) groups is 5. The molecule has 1 heterocycles. The second-order valence-electron chi connectivity index (χ2n) is 9.06. The number of rotatable bonds is 10. The van der Waals surface area contributed by atoms with Crippen LogP contribution in [0.4, 0.5) is 0 Å². The monoisotopic (exact) mass is 478 g/mol. The summed E-state index contributed by atoms with van der Waals surface area (Å²) in [4.78, 5) is 65.6. The Morgan fingerprint density at radius 3 is 2.00 bits per heavy atom. The summed E-state index contributed by atoms with van der Waals surface area (Å²) in [6, 6.07) is 14.4. The lowest BCUT2D eigenvalue weighted by Gasteiger charge is -2.31. The fraction of sp³-hybridized carbons (Fsp3) is 0.346. The average molecular weight is 479 g/mol. The third-order valence-electron chi connectivity index (χ3n) is 5.96. The van der Waals surface area contributed by atoms with Gasteiger partial charge in [-0.3, -0.25) is 28.9 Å². The number of benzene rings is 2. The average Bonchev–Trinajstić information content (AvgIpc) is 3.08. The first-order chi connectivity index (χ1) is 16.6. The van der Waals surface area contributed by atoms with Crippen LogP contribution in [0.2, 0.25) is 0 Å².